The molecule has 1 N–H and O–H groups in total. The molecule has 0 saturated carbocycles. The number of hydrogen-bond acceptors (Lipinski definition) is 6. The van der Waals surface area contributed by atoms with E-state index in [1.165, 1.54) is 36.4 Å². The maximum Gasteiger partial charge on any atom is 0.266 e. The second-order valence-corrected chi connectivity index (χ2v) is 9.14. The van der Waals surface area contributed by atoms with Crippen LogP contribution in [0.5, 0.6) is 0 Å². The molecule has 0 fully saturated rings. The Labute approximate surface area is 214 Å². The summed E-state index contributed by atoms with van der Waals surface area (Å²) in [5.74, 6) is -2.55. The standard InChI is InChI=1S/C30H15N3O5/c34-26(17-6-9-20-22(12-17)28(36)32-27(20)35)18-7-10-21-23(13-18)30(38)33(29(21)37)19-8-5-16-11-15-3-1-2-4-24(15)31-25(16)14-19/h1-14H,(H,32,35,36). The van der Waals surface area contributed by atoms with Crippen molar-refractivity contribution < 1.29 is 24.0 Å². The van der Waals surface area contributed by atoms with E-state index in [4.69, 9.17) is 0 Å². The lowest BCUT2D eigenvalue weighted by Crippen LogP contribution is -2.29. The number of aromatic nitrogens is 1. The first-order valence-electron chi connectivity index (χ1n) is 11.8. The number of para-hydroxylation sites is 1. The average molecular weight is 497 g/mol. The van der Waals surface area contributed by atoms with Crippen LogP contribution in [0.15, 0.2) is 84.9 Å². The molecular formula is C30H15N3O5. The Bertz CT molecular complexity index is 1960. The van der Waals surface area contributed by atoms with Crippen molar-refractivity contribution in [1.29, 1.82) is 0 Å². The maximum absolute atomic E-state index is 13.4. The van der Waals surface area contributed by atoms with Gasteiger partial charge in [0.25, 0.3) is 23.6 Å². The minimum Gasteiger partial charge on any atom is -0.289 e. The Morgan fingerprint density at radius 2 is 1.26 bits per heavy atom. The Balaban J connectivity index is 1.24. The van der Waals surface area contributed by atoms with Crippen LogP contribution >= 0.6 is 0 Å². The number of anilines is 1. The number of benzene rings is 4. The van der Waals surface area contributed by atoms with Gasteiger partial charge in [-0.25, -0.2) is 9.88 Å². The molecule has 8 nitrogen and oxygen atoms in total. The lowest BCUT2D eigenvalue weighted by Gasteiger charge is -2.14. The van der Waals surface area contributed by atoms with E-state index in [1.807, 2.05) is 36.4 Å². The lowest BCUT2D eigenvalue weighted by atomic mass is 9.96. The topological polar surface area (TPSA) is 114 Å². The lowest BCUT2D eigenvalue weighted by molar-refractivity contribution is 0.0874. The highest BCUT2D eigenvalue weighted by molar-refractivity contribution is 6.35. The first-order valence-corrected chi connectivity index (χ1v) is 11.8. The van der Waals surface area contributed by atoms with Gasteiger partial charge >= 0.3 is 0 Å². The fourth-order valence-electron chi connectivity index (χ4n) is 4.99. The van der Waals surface area contributed by atoms with Gasteiger partial charge in [-0.2, -0.15) is 0 Å². The van der Waals surface area contributed by atoms with Crippen LogP contribution in [-0.2, 0) is 0 Å². The van der Waals surface area contributed by atoms with Crippen molar-refractivity contribution in [1.82, 2.24) is 10.3 Å². The maximum atomic E-state index is 13.4. The zero-order chi connectivity index (χ0) is 26.1. The number of nitrogens with one attached hydrogen (secondary N) is 1. The summed E-state index contributed by atoms with van der Waals surface area (Å²) in [6, 6.07) is 23.5. The predicted octanol–water partition coefficient (Wildman–Crippen LogP) is 4.30. The molecule has 0 saturated heterocycles. The normalized spacial score (nSPS) is 14.3. The Kier molecular flexibility index (Phi) is 4.44. The minimum atomic E-state index is -0.567. The number of fused-ring (bicyclic) bond motifs is 4. The van der Waals surface area contributed by atoms with Crippen molar-refractivity contribution >= 4 is 56.9 Å². The number of ketones is 1. The molecule has 0 aliphatic carbocycles. The molecule has 5 aromatic rings. The Morgan fingerprint density at radius 3 is 2.08 bits per heavy atom. The third kappa shape index (κ3) is 3.10. The van der Waals surface area contributed by atoms with Gasteiger partial charge < -0.3 is 0 Å². The number of imide groups is 2. The molecule has 0 unspecified atom stereocenters. The van der Waals surface area contributed by atoms with E-state index >= 15 is 0 Å². The molecule has 4 aromatic carbocycles. The van der Waals surface area contributed by atoms with Crippen molar-refractivity contribution in [2.45, 2.75) is 0 Å². The van der Waals surface area contributed by atoms with Crippen LogP contribution in [0.25, 0.3) is 21.8 Å². The van der Waals surface area contributed by atoms with Crippen LogP contribution in [0.4, 0.5) is 5.69 Å². The molecule has 8 heteroatoms. The third-order valence-electron chi connectivity index (χ3n) is 6.91. The number of rotatable bonds is 3. The van der Waals surface area contributed by atoms with Gasteiger partial charge in [-0.1, -0.05) is 36.4 Å². The van der Waals surface area contributed by atoms with Crippen LogP contribution in [0.3, 0.4) is 0 Å². The highest BCUT2D eigenvalue weighted by Gasteiger charge is 2.37. The molecule has 3 heterocycles. The van der Waals surface area contributed by atoms with Crippen LogP contribution in [-0.4, -0.2) is 34.4 Å². The monoisotopic (exact) mass is 497 g/mol. The zero-order valence-corrected chi connectivity index (χ0v) is 19.5. The van der Waals surface area contributed by atoms with E-state index in [1.54, 1.807) is 12.1 Å². The van der Waals surface area contributed by atoms with Crippen molar-refractivity contribution in [3.05, 3.63) is 118 Å². The van der Waals surface area contributed by atoms with Gasteiger partial charge in [0.05, 0.1) is 39.0 Å². The Morgan fingerprint density at radius 1 is 0.605 bits per heavy atom. The number of hydrogen-bond donors (Lipinski definition) is 1. The van der Waals surface area contributed by atoms with Gasteiger partial charge in [0.2, 0.25) is 0 Å². The number of carbonyl (C=O) groups is 5. The molecule has 4 amide bonds. The van der Waals surface area contributed by atoms with Crippen LogP contribution in [0.2, 0.25) is 0 Å². The smallest absolute Gasteiger partial charge is 0.266 e. The van der Waals surface area contributed by atoms with E-state index < -0.39 is 29.4 Å². The quantitative estimate of drug-likeness (QED) is 0.226. The molecule has 38 heavy (non-hydrogen) atoms. The number of nitrogens with zero attached hydrogens (tertiary/aromatic N) is 2. The Hall–Kier alpha value is -5.50. The van der Waals surface area contributed by atoms with Gasteiger partial charge in [0, 0.05) is 21.9 Å². The van der Waals surface area contributed by atoms with Crippen LogP contribution < -0.4 is 10.2 Å². The van der Waals surface area contributed by atoms with Gasteiger partial charge in [-0.3, -0.25) is 29.3 Å². The summed E-state index contributed by atoms with van der Waals surface area (Å²) in [7, 11) is 0. The van der Waals surface area contributed by atoms with Gasteiger partial charge in [0.1, 0.15) is 0 Å². The van der Waals surface area contributed by atoms with Crippen molar-refractivity contribution in [2.75, 3.05) is 4.90 Å². The van der Waals surface area contributed by atoms with Crippen LogP contribution in [0, 0.1) is 0 Å². The zero-order valence-electron chi connectivity index (χ0n) is 19.5. The van der Waals surface area contributed by atoms with Crippen molar-refractivity contribution in [3.8, 4) is 0 Å². The molecule has 180 valence electrons. The van der Waals surface area contributed by atoms with Crippen molar-refractivity contribution in [3.63, 3.8) is 0 Å². The largest absolute Gasteiger partial charge is 0.289 e. The fourth-order valence-corrected chi connectivity index (χ4v) is 4.99. The molecular weight excluding hydrogens is 482 g/mol. The van der Waals surface area contributed by atoms with E-state index in [0.717, 1.165) is 21.2 Å². The second kappa shape index (κ2) is 7.75. The van der Waals surface area contributed by atoms with Gasteiger partial charge in [-0.05, 0) is 48.5 Å². The summed E-state index contributed by atoms with van der Waals surface area (Å²) in [4.78, 5) is 69.4. The summed E-state index contributed by atoms with van der Waals surface area (Å²) in [5, 5.41) is 4.06. The van der Waals surface area contributed by atoms with E-state index in [2.05, 4.69) is 10.3 Å². The molecule has 1 aromatic heterocycles. The highest BCUT2D eigenvalue weighted by Crippen LogP contribution is 2.32. The van der Waals surface area contributed by atoms with E-state index in [9.17, 15) is 24.0 Å². The predicted molar refractivity (Wildman–Crippen MR) is 139 cm³/mol. The first-order chi connectivity index (χ1) is 18.4. The van der Waals surface area contributed by atoms with Gasteiger partial charge in [-0.15, -0.1) is 0 Å². The average Bonchev–Trinajstić information content (AvgIpc) is 3.36. The minimum absolute atomic E-state index is 0.112. The summed E-state index contributed by atoms with van der Waals surface area (Å²) in [6.45, 7) is 0. The number of pyridine rings is 1. The first kappa shape index (κ1) is 21.8. The molecule has 0 spiro atoms. The third-order valence-corrected chi connectivity index (χ3v) is 6.91. The summed E-state index contributed by atoms with van der Waals surface area (Å²) >= 11 is 0. The summed E-state index contributed by atoms with van der Waals surface area (Å²) in [6.07, 6.45) is 0. The highest BCUT2D eigenvalue weighted by atomic mass is 16.2. The molecule has 0 radical (unpaired) electrons. The number of amides is 4. The van der Waals surface area contributed by atoms with Gasteiger partial charge in [0.15, 0.2) is 5.78 Å². The second-order valence-electron chi connectivity index (χ2n) is 9.14. The molecule has 7 rings (SSSR count). The van der Waals surface area contributed by atoms with Crippen LogP contribution in [0.1, 0.15) is 57.4 Å². The fraction of sp³-hybridized carbons (Fsp3) is 0. The number of carbonyl (C=O) groups excluding carboxylic acids is 5. The van der Waals surface area contributed by atoms with E-state index in [0.29, 0.717) is 11.2 Å². The summed E-state index contributed by atoms with van der Waals surface area (Å²) < 4.78 is 0. The molecule has 0 atom stereocenters. The SMILES string of the molecule is O=C(c1ccc2c(c1)C(=O)NC2=O)c1ccc2c(c1)C(=O)N(c1ccc3cc4ccccc4nc3c1)C2=O. The van der Waals surface area contributed by atoms with E-state index in [-0.39, 0.29) is 33.4 Å². The van der Waals surface area contributed by atoms with Crippen molar-refractivity contribution in [2.24, 2.45) is 0 Å². The molecule has 2 aliphatic rings. The molecule has 2 aliphatic heterocycles. The summed E-state index contributed by atoms with van der Waals surface area (Å²) in [5.41, 5.74) is 2.83. The molecule has 0 bridgehead atoms.